The molecular weight excluding hydrogens is 384 g/mol. The SMILES string of the molecule is C=C(CCC)CC(C)CC(=C)c1cccc2c1CSC(NC(=C)CC(C)(F)F)C2. The van der Waals surface area contributed by atoms with Crippen LogP contribution in [-0.4, -0.2) is 11.3 Å². The molecule has 2 rings (SSSR count). The van der Waals surface area contributed by atoms with E-state index in [0.29, 0.717) is 11.6 Å². The number of fused-ring (bicyclic) bond motifs is 1. The van der Waals surface area contributed by atoms with Crippen LogP contribution in [-0.2, 0) is 12.2 Å². The number of rotatable bonds is 11. The van der Waals surface area contributed by atoms with Crippen LogP contribution in [0.25, 0.3) is 5.57 Å². The predicted molar refractivity (Wildman–Crippen MR) is 124 cm³/mol. The summed E-state index contributed by atoms with van der Waals surface area (Å²) in [6, 6.07) is 6.39. The zero-order valence-corrected chi connectivity index (χ0v) is 18.9. The normalized spacial score (nSPS) is 17.3. The Morgan fingerprint density at radius 1 is 1.28 bits per heavy atom. The van der Waals surface area contributed by atoms with Crippen molar-refractivity contribution in [3.8, 4) is 0 Å². The number of thioether (sulfide) groups is 1. The molecule has 4 heteroatoms. The van der Waals surface area contributed by atoms with Gasteiger partial charge < -0.3 is 5.32 Å². The standard InChI is InChI=1S/C25H35F2NS/c1-7-9-17(2)12-18(3)13-19(4)22-11-8-10-21-14-24(29-16-23(21)22)28-20(5)15-25(6,26)27/h8,10-11,18,24,28H,2,4-5,7,9,12-16H2,1,3,6H3. The maximum Gasteiger partial charge on any atom is 0.250 e. The summed E-state index contributed by atoms with van der Waals surface area (Å²) in [7, 11) is 0. The van der Waals surface area contributed by atoms with Crippen LogP contribution >= 0.6 is 11.8 Å². The molecule has 0 saturated heterocycles. The molecule has 1 N–H and O–H groups in total. The molecule has 0 radical (unpaired) electrons. The van der Waals surface area contributed by atoms with Gasteiger partial charge in [-0.3, -0.25) is 0 Å². The Kier molecular flexibility index (Phi) is 8.57. The highest BCUT2D eigenvalue weighted by molar-refractivity contribution is 7.99. The first kappa shape index (κ1) is 23.7. The highest BCUT2D eigenvalue weighted by Crippen LogP contribution is 2.36. The van der Waals surface area contributed by atoms with Crippen LogP contribution in [0.5, 0.6) is 0 Å². The fraction of sp³-hybridized carbons (Fsp3) is 0.520. The van der Waals surface area contributed by atoms with Gasteiger partial charge in [0.2, 0.25) is 0 Å². The monoisotopic (exact) mass is 419 g/mol. The first-order chi connectivity index (χ1) is 13.6. The van der Waals surface area contributed by atoms with E-state index in [4.69, 9.17) is 0 Å². The summed E-state index contributed by atoms with van der Waals surface area (Å²) in [5, 5.41) is 3.27. The average Bonchev–Trinajstić information content (AvgIpc) is 2.59. The van der Waals surface area contributed by atoms with Crippen LogP contribution < -0.4 is 5.32 Å². The van der Waals surface area contributed by atoms with E-state index in [1.807, 2.05) is 0 Å². The van der Waals surface area contributed by atoms with Gasteiger partial charge >= 0.3 is 0 Å². The summed E-state index contributed by atoms with van der Waals surface area (Å²) < 4.78 is 26.4. The van der Waals surface area contributed by atoms with Crippen LogP contribution in [0.15, 0.2) is 49.2 Å². The van der Waals surface area contributed by atoms with Crippen LogP contribution in [0, 0.1) is 5.92 Å². The molecule has 2 unspecified atom stereocenters. The van der Waals surface area contributed by atoms with Crippen molar-refractivity contribution in [2.24, 2.45) is 5.92 Å². The smallest absolute Gasteiger partial charge is 0.250 e. The van der Waals surface area contributed by atoms with Gasteiger partial charge in [0, 0.05) is 17.9 Å². The molecule has 160 valence electrons. The molecule has 29 heavy (non-hydrogen) atoms. The Hall–Kier alpha value is -1.55. The first-order valence-corrected chi connectivity index (χ1v) is 11.5. The molecule has 1 aliphatic heterocycles. The molecule has 0 amide bonds. The van der Waals surface area contributed by atoms with Crippen molar-refractivity contribution in [1.82, 2.24) is 5.32 Å². The first-order valence-electron chi connectivity index (χ1n) is 10.5. The lowest BCUT2D eigenvalue weighted by Gasteiger charge is -2.29. The molecule has 1 aromatic carbocycles. The lowest BCUT2D eigenvalue weighted by Crippen LogP contribution is -2.32. The molecular formula is C25H35F2NS. The van der Waals surface area contributed by atoms with Gasteiger partial charge in [0.1, 0.15) is 0 Å². The van der Waals surface area contributed by atoms with Crippen molar-refractivity contribution >= 4 is 17.3 Å². The Labute approximate surface area is 179 Å². The minimum atomic E-state index is -2.73. The van der Waals surface area contributed by atoms with Gasteiger partial charge in [-0.05, 0) is 54.4 Å². The third-order valence-corrected chi connectivity index (χ3v) is 6.35. The maximum absolute atomic E-state index is 13.2. The van der Waals surface area contributed by atoms with Gasteiger partial charge in [0.05, 0.1) is 11.8 Å². The molecule has 1 aromatic rings. The second-order valence-electron chi connectivity index (χ2n) is 8.56. The van der Waals surface area contributed by atoms with E-state index in [1.54, 1.807) is 11.8 Å². The lowest BCUT2D eigenvalue weighted by atomic mass is 9.88. The zero-order valence-electron chi connectivity index (χ0n) is 18.1. The van der Waals surface area contributed by atoms with Crippen molar-refractivity contribution in [3.05, 3.63) is 65.9 Å². The molecule has 1 aliphatic rings. The summed E-state index contributed by atoms with van der Waals surface area (Å²) in [6.07, 6.45) is 4.74. The van der Waals surface area contributed by atoms with Crippen molar-refractivity contribution < 1.29 is 8.78 Å². The Bertz CT molecular complexity index is 748. The highest BCUT2D eigenvalue weighted by atomic mass is 32.2. The van der Waals surface area contributed by atoms with Gasteiger partial charge in [0.15, 0.2) is 0 Å². The van der Waals surface area contributed by atoms with E-state index < -0.39 is 5.92 Å². The number of nitrogens with one attached hydrogen (secondary N) is 1. The number of hydrogen-bond donors (Lipinski definition) is 1. The van der Waals surface area contributed by atoms with Gasteiger partial charge in [-0.15, -0.1) is 11.8 Å². The van der Waals surface area contributed by atoms with E-state index >= 15 is 0 Å². The fourth-order valence-corrected chi connectivity index (χ4v) is 5.32. The Balaban J connectivity index is 2.00. The summed E-state index contributed by atoms with van der Waals surface area (Å²) >= 11 is 1.76. The predicted octanol–water partition coefficient (Wildman–Crippen LogP) is 7.74. The third kappa shape index (κ3) is 7.65. The molecule has 0 aliphatic carbocycles. The number of alkyl halides is 2. The number of benzene rings is 1. The van der Waals surface area contributed by atoms with Crippen LogP contribution in [0.2, 0.25) is 0 Å². The van der Waals surface area contributed by atoms with E-state index in [0.717, 1.165) is 44.8 Å². The van der Waals surface area contributed by atoms with Crippen molar-refractivity contribution in [2.45, 2.75) is 76.3 Å². The van der Waals surface area contributed by atoms with Crippen molar-refractivity contribution in [3.63, 3.8) is 0 Å². The summed E-state index contributed by atoms with van der Waals surface area (Å²) in [5.41, 5.74) is 6.77. The fourth-order valence-electron chi connectivity index (χ4n) is 4.07. The molecule has 2 atom stereocenters. The van der Waals surface area contributed by atoms with Crippen LogP contribution in [0.3, 0.4) is 0 Å². The van der Waals surface area contributed by atoms with Gasteiger partial charge in [-0.1, -0.05) is 63.8 Å². The molecule has 0 saturated carbocycles. The van der Waals surface area contributed by atoms with Gasteiger partial charge in [0.25, 0.3) is 5.92 Å². The van der Waals surface area contributed by atoms with Crippen LogP contribution in [0.4, 0.5) is 8.78 Å². The highest BCUT2D eigenvalue weighted by Gasteiger charge is 2.26. The molecule has 0 aromatic heterocycles. The molecule has 1 heterocycles. The molecule has 0 spiro atoms. The summed E-state index contributed by atoms with van der Waals surface area (Å²) in [5.74, 6) is -1.35. The summed E-state index contributed by atoms with van der Waals surface area (Å²) in [6.45, 7) is 17.7. The summed E-state index contributed by atoms with van der Waals surface area (Å²) in [4.78, 5) is 0. The van der Waals surface area contributed by atoms with E-state index in [9.17, 15) is 8.78 Å². The average molecular weight is 420 g/mol. The Morgan fingerprint density at radius 2 is 2.00 bits per heavy atom. The van der Waals surface area contributed by atoms with E-state index in [-0.39, 0.29) is 11.8 Å². The minimum Gasteiger partial charge on any atom is -0.377 e. The molecule has 0 bridgehead atoms. The lowest BCUT2D eigenvalue weighted by molar-refractivity contribution is 0.0211. The second-order valence-corrected chi connectivity index (χ2v) is 9.75. The third-order valence-electron chi connectivity index (χ3n) is 5.21. The zero-order chi connectivity index (χ0) is 21.6. The van der Waals surface area contributed by atoms with Crippen molar-refractivity contribution in [2.75, 3.05) is 0 Å². The topological polar surface area (TPSA) is 12.0 Å². The van der Waals surface area contributed by atoms with Gasteiger partial charge in [-0.25, -0.2) is 8.78 Å². The van der Waals surface area contributed by atoms with E-state index in [2.05, 4.69) is 57.1 Å². The quantitative estimate of drug-likeness (QED) is 0.368. The Morgan fingerprint density at radius 3 is 2.66 bits per heavy atom. The molecule has 0 fully saturated rings. The minimum absolute atomic E-state index is 0.0807. The molecule has 1 nitrogen and oxygen atoms in total. The largest absolute Gasteiger partial charge is 0.377 e. The second kappa shape index (κ2) is 10.5. The van der Waals surface area contributed by atoms with Gasteiger partial charge in [-0.2, -0.15) is 0 Å². The maximum atomic E-state index is 13.2. The number of halogens is 2. The van der Waals surface area contributed by atoms with Crippen molar-refractivity contribution in [1.29, 1.82) is 0 Å². The van der Waals surface area contributed by atoms with Crippen LogP contribution in [0.1, 0.15) is 69.6 Å². The number of hydrogen-bond acceptors (Lipinski definition) is 2. The van der Waals surface area contributed by atoms with E-state index in [1.165, 1.54) is 27.8 Å². The number of allylic oxidation sites excluding steroid dienone is 3.